The van der Waals surface area contributed by atoms with E-state index in [9.17, 15) is 5.11 Å². The molecule has 1 unspecified atom stereocenters. The summed E-state index contributed by atoms with van der Waals surface area (Å²) in [4.78, 5) is 4.30. The molecule has 0 saturated carbocycles. The number of rotatable bonds is 3. The van der Waals surface area contributed by atoms with Crippen LogP contribution in [-0.2, 0) is 0 Å². The zero-order chi connectivity index (χ0) is 9.84. The number of pyridine rings is 1. The highest BCUT2D eigenvalue weighted by Gasteiger charge is 2.07. The van der Waals surface area contributed by atoms with E-state index in [2.05, 4.69) is 10.3 Å². The van der Waals surface area contributed by atoms with Gasteiger partial charge in [0.2, 0.25) is 0 Å². The highest BCUT2D eigenvalue weighted by atomic mass is 16.3. The van der Waals surface area contributed by atoms with E-state index in [0.717, 1.165) is 17.0 Å². The van der Waals surface area contributed by atoms with Gasteiger partial charge >= 0.3 is 0 Å². The van der Waals surface area contributed by atoms with Gasteiger partial charge in [-0.2, -0.15) is 0 Å². The van der Waals surface area contributed by atoms with Crippen molar-refractivity contribution >= 4 is 0 Å². The summed E-state index contributed by atoms with van der Waals surface area (Å²) in [7, 11) is 1.81. The molecule has 72 valence electrons. The summed E-state index contributed by atoms with van der Waals surface area (Å²) in [5, 5.41) is 12.5. The maximum absolute atomic E-state index is 9.61. The molecule has 1 rings (SSSR count). The molecule has 0 radical (unpaired) electrons. The van der Waals surface area contributed by atoms with Gasteiger partial charge in [-0.3, -0.25) is 4.98 Å². The fourth-order valence-electron chi connectivity index (χ4n) is 1.13. The Kier molecular flexibility index (Phi) is 3.39. The lowest BCUT2D eigenvalue weighted by Crippen LogP contribution is -2.17. The van der Waals surface area contributed by atoms with Crippen LogP contribution in [0.15, 0.2) is 12.1 Å². The van der Waals surface area contributed by atoms with Gasteiger partial charge in [0.05, 0.1) is 5.69 Å². The first-order chi connectivity index (χ1) is 6.15. The van der Waals surface area contributed by atoms with Crippen LogP contribution in [0.4, 0.5) is 0 Å². The topological polar surface area (TPSA) is 45.1 Å². The fraction of sp³-hybridized carbons (Fsp3) is 0.500. The number of hydrogen-bond donors (Lipinski definition) is 2. The summed E-state index contributed by atoms with van der Waals surface area (Å²) in [5.74, 6) is 0. The number of hydrogen-bond acceptors (Lipinski definition) is 3. The van der Waals surface area contributed by atoms with E-state index in [1.54, 1.807) is 0 Å². The first kappa shape index (κ1) is 10.2. The Morgan fingerprint density at radius 2 is 2.15 bits per heavy atom. The second-order valence-corrected chi connectivity index (χ2v) is 3.21. The van der Waals surface area contributed by atoms with Crippen molar-refractivity contribution in [1.82, 2.24) is 10.3 Å². The maximum Gasteiger partial charge on any atom is 0.108 e. The molecule has 2 N–H and O–H groups in total. The molecule has 0 fully saturated rings. The second-order valence-electron chi connectivity index (χ2n) is 3.21. The molecule has 0 amide bonds. The number of aliphatic hydroxyl groups excluding tert-OH is 1. The molecule has 0 aliphatic carbocycles. The third kappa shape index (κ3) is 2.50. The number of nitrogens with one attached hydrogen (secondary N) is 1. The third-order valence-corrected chi connectivity index (χ3v) is 2.11. The zero-order valence-electron chi connectivity index (χ0n) is 8.33. The van der Waals surface area contributed by atoms with E-state index in [1.165, 1.54) is 0 Å². The molecule has 0 aliphatic rings. The summed E-state index contributed by atoms with van der Waals surface area (Å²) in [6, 6.07) is 3.85. The number of likely N-dealkylation sites (N-methyl/N-ethyl adjacent to an activating group) is 1. The molecular formula is C10H16N2O. The summed E-state index contributed by atoms with van der Waals surface area (Å²) in [5.41, 5.74) is 2.87. The van der Waals surface area contributed by atoms with Crippen LogP contribution in [0.1, 0.15) is 23.1 Å². The van der Waals surface area contributed by atoms with Crippen LogP contribution in [0.2, 0.25) is 0 Å². The Bertz CT molecular complexity index is 286. The quantitative estimate of drug-likeness (QED) is 0.728. The van der Waals surface area contributed by atoms with Crippen molar-refractivity contribution < 1.29 is 5.11 Å². The van der Waals surface area contributed by atoms with E-state index in [0.29, 0.717) is 6.54 Å². The van der Waals surface area contributed by atoms with Gasteiger partial charge in [-0.05, 0) is 32.5 Å². The SMILES string of the molecule is CNCC(O)c1ccc(C)c(C)n1. The fourth-order valence-corrected chi connectivity index (χ4v) is 1.13. The van der Waals surface area contributed by atoms with E-state index >= 15 is 0 Å². The van der Waals surface area contributed by atoms with Gasteiger partial charge in [0, 0.05) is 12.2 Å². The Balaban J connectivity index is 2.84. The Morgan fingerprint density at radius 3 is 2.69 bits per heavy atom. The monoisotopic (exact) mass is 180 g/mol. The highest BCUT2D eigenvalue weighted by molar-refractivity contribution is 5.21. The van der Waals surface area contributed by atoms with Crippen molar-refractivity contribution in [2.24, 2.45) is 0 Å². The van der Waals surface area contributed by atoms with Crippen LogP contribution in [0.5, 0.6) is 0 Å². The molecule has 0 bridgehead atoms. The van der Waals surface area contributed by atoms with Crippen molar-refractivity contribution in [1.29, 1.82) is 0 Å². The Labute approximate surface area is 78.8 Å². The molecule has 0 saturated heterocycles. The van der Waals surface area contributed by atoms with Gasteiger partial charge in [0.15, 0.2) is 0 Å². The van der Waals surface area contributed by atoms with Gasteiger partial charge in [-0.25, -0.2) is 0 Å². The van der Waals surface area contributed by atoms with Crippen molar-refractivity contribution in [3.63, 3.8) is 0 Å². The molecule has 3 heteroatoms. The molecule has 13 heavy (non-hydrogen) atoms. The van der Waals surface area contributed by atoms with E-state index in [-0.39, 0.29) is 0 Å². The van der Waals surface area contributed by atoms with Gasteiger partial charge in [-0.1, -0.05) is 6.07 Å². The Hall–Kier alpha value is -0.930. The molecular weight excluding hydrogens is 164 g/mol. The standard InChI is InChI=1S/C10H16N2O/c1-7-4-5-9(12-8(7)2)10(13)6-11-3/h4-5,10-11,13H,6H2,1-3H3. The molecule has 0 aliphatic heterocycles. The van der Waals surface area contributed by atoms with E-state index < -0.39 is 6.10 Å². The van der Waals surface area contributed by atoms with E-state index in [1.807, 2.05) is 33.0 Å². The van der Waals surface area contributed by atoms with Crippen LogP contribution in [0.3, 0.4) is 0 Å². The predicted octanol–water partition coefficient (Wildman–Crippen LogP) is 0.951. The lowest BCUT2D eigenvalue weighted by Gasteiger charge is -2.10. The second kappa shape index (κ2) is 4.35. The largest absolute Gasteiger partial charge is 0.385 e. The molecule has 1 aromatic rings. The number of nitrogens with zero attached hydrogens (tertiary/aromatic N) is 1. The minimum Gasteiger partial charge on any atom is -0.385 e. The first-order valence-corrected chi connectivity index (χ1v) is 4.42. The number of aromatic nitrogens is 1. The molecule has 1 heterocycles. The molecule has 0 spiro atoms. The molecule has 3 nitrogen and oxygen atoms in total. The minimum atomic E-state index is -0.510. The van der Waals surface area contributed by atoms with Crippen molar-refractivity contribution in [3.8, 4) is 0 Å². The lowest BCUT2D eigenvalue weighted by molar-refractivity contribution is 0.173. The van der Waals surface area contributed by atoms with Crippen molar-refractivity contribution in [3.05, 3.63) is 29.1 Å². The summed E-state index contributed by atoms with van der Waals surface area (Å²) < 4.78 is 0. The maximum atomic E-state index is 9.61. The van der Waals surface area contributed by atoms with Crippen molar-refractivity contribution in [2.75, 3.05) is 13.6 Å². The predicted molar refractivity (Wildman–Crippen MR) is 52.6 cm³/mol. The van der Waals surface area contributed by atoms with Gasteiger partial charge < -0.3 is 10.4 Å². The highest BCUT2D eigenvalue weighted by Crippen LogP contribution is 2.11. The zero-order valence-corrected chi connectivity index (χ0v) is 8.33. The Morgan fingerprint density at radius 1 is 1.46 bits per heavy atom. The molecule has 1 aromatic heterocycles. The van der Waals surface area contributed by atoms with E-state index in [4.69, 9.17) is 0 Å². The van der Waals surface area contributed by atoms with Gasteiger partial charge in [-0.15, -0.1) is 0 Å². The van der Waals surface area contributed by atoms with Crippen LogP contribution < -0.4 is 5.32 Å². The summed E-state index contributed by atoms with van der Waals surface area (Å²) >= 11 is 0. The van der Waals surface area contributed by atoms with Crippen LogP contribution in [0.25, 0.3) is 0 Å². The van der Waals surface area contributed by atoms with Crippen LogP contribution in [0, 0.1) is 13.8 Å². The third-order valence-electron chi connectivity index (χ3n) is 2.11. The van der Waals surface area contributed by atoms with Gasteiger partial charge in [0.25, 0.3) is 0 Å². The average molecular weight is 180 g/mol. The van der Waals surface area contributed by atoms with Crippen LogP contribution in [-0.4, -0.2) is 23.7 Å². The minimum absolute atomic E-state index is 0.510. The summed E-state index contributed by atoms with van der Waals surface area (Å²) in [6.45, 7) is 4.50. The lowest BCUT2D eigenvalue weighted by atomic mass is 10.1. The summed E-state index contributed by atoms with van der Waals surface area (Å²) in [6.07, 6.45) is -0.510. The number of aliphatic hydroxyl groups is 1. The van der Waals surface area contributed by atoms with Crippen LogP contribution >= 0.6 is 0 Å². The molecule has 0 aromatic carbocycles. The average Bonchev–Trinajstić information content (AvgIpc) is 2.10. The van der Waals surface area contributed by atoms with Crippen molar-refractivity contribution in [2.45, 2.75) is 20.0 Å². The number of aryl methyl sites for hydroxylation is 2. The first-order valence-electron chi connectivity index (χ1n) is 4.42. The smallest absolute Gasteiger partial charge is 0.108 e. The normalized spacial score (nSPS) is 12.9. The van der Waals surface area contributed by atoms with Gasteiger partial charge in [0.1, 0.15) is 6.10 Å². The molecule has 1 atom stereocenters.